The van der Waals surface area contributed by atoms with Crippen LogP contribution in [0.25, 0.3) is 11.0 Å². The van der Waals surface area contributed by atoms with Crippen molar-refractivity contribution in [1.82, 2.24) is 0 Å². The van der Waals surface area contributed by atoms with Gasteiger partial charge in [-0.1, -0.05) is 23.8 Å². The highest BCUT2D eigenvalue weighted by Gasteiger charge is 2.13. The third kappa shape index (κ3) is 3.89. The Hall–Kier alpha value is -2.64. The van der Waals surface area contributed by atoms with E-state index in [9.17, 15) is 13.2 Å². The molecule has 7 heteroatoms. The first-order valence-electron chi connectivity index (χ1n) is 7.65. The van der Waals surface area contributed by atoms with E-state index in [1.165, 1.54) is 0 Å². The number of hydrogen-bond acceptors (Lipinski definition) is 4. The third-order valence-electron chi connectivity index (χ3n) is 4.01. The van der Waals surface area contributed by atoms with Crippen molar-refractivity contribution >= 4 is 26.9 Å². The Bertz CT molecular complexity index is 1120. The zero-order chi connectivity index (χ0) is 18.2. The number of benzene rings is 2. The van der Waals surface area contributed by atoms with Gasteiger partial charge in [0.2, 0.25) is 0 Å². The standard InChI is InChI=1S/C18H18N2O4S/c1-11-6-7-17-15(8-11)12(2)16(18(21)24-17)10-13-4-3-5-14(9-13)20-25(19,22)23/h3-9,20H,10H2,1-2H3,(H2,19,22,23). The van der Waals surface area contributed by atoms with E-state index in [1.807, 2.05) is 32.0 Å². The molecule has 3 N–H and O–H groups in total. The molecule has 0 unspecified atom stereocenters. The average molecular weight is 358 g/mol. The van der Waals surface area contributed by atoms with Gasteiger partial charge in [-0.05, 0) is 49.2 Å². The first-order valence-corrected chi connectivity index (χ1v) is 9.20. The molecule has 0 aliphatic carbocycles. The predicted octanol–water partition coefficient (Wildman–Crippen LogP) is 2.62. The topological polar surface area (TPSA) is 102 Å². The van der Waals surface area contributed by atoms with Crippen molar-refractivity contribution in [2.45, 2.75) is 20.3 Å². The minimum absolute atomic E-state index is 0.332. The van der Waals surface area contributed by atoms with Crippen molar-refractivity contribution in [2.75, 3.05) is 4.72 Å². The Balaban J connectivity index is 2.04. The van der Waals surface area contributed by atoms with Crippen LogP contribution in [0.2, 0.25) is 0 Å². The highest BCUT2D eigenvalue weighted by atomic mass is 32.2. The molecule has 1 aromatic heterocycles. The molecular formula is C18H18N2O4S. The molecular weight excluding hydrogens is 340 g/mol. The maximum absolute atomic E-state index is 12.4. The number of anilines is 1. The molecule has 2 aromatic carbocycles. The molecule has 0 aliphatic heterocycles. The number of fused-ring (bicyclic) bond motifs is 1. The Morgan fingerprint density at radius 2 is 1.88 bits per heavy atom. The molecule has 6 nitrogen and oxygen atoms in total. The number of nitrogens with one attached hydrogen (secondary N) is 1. The van der Waals surface area contributed by atoms with Gasteiger partial charge in [0, 0.05) is 17.4 Å². The first kappa shape index (κ1) is 17.2. The second-order valence-electron chi connectivity index (χ2n) is 6.02. The zero-order valence-electron chi connectivity index (χ0n) is 13.9. The van der Waals surface area contributed by atoms with Gasteiger partial charge in [0.1, 0.15) is 5.58 Å². The van der Waals surface area contributed by atoms with Gasteiger partial charge in [0.05, 0.1) is 5.69 Å². The molecule has 0 radical (unpaired) electrons. The minimum atomic E-state index is -3.85. The highest BCUT2D eigenvalue weighted by Crippen LogP contribution is 2.23. The van der Waals surface area contributed by atoms with Crippen LogP contribution in [-0.4, -0.2) is 8.42 Å². The van der Waals surface area contributed by atoms with Crippen LogP contribution in [0, 0.1) is 13.8 Å². The first-order chi connectivity index (χ1) is 11.7. The van der Waals surface area contributed by atoms with Crippen LogP contribution in [0.5, 0.6) is 0 Å². The average Bonchev–Trinajstić information content (AvgIpc) is 2.51. The van der Waals surface area contributed by atoms with Crippen molar-refractivity contribution < 1.29 is 12.8 Å². The molecule has 0 spiro atoms. The summed E-state index contributed by atoms with van der Waals surface area (Å²) < 4.78 is 30.0. The van der Waals surface area contributed by atoms with Crippen molar-refractivity contribution in [3.63, 3.8) is 0 Å². The van der Waals surface area contributed by atoms with Gasteiger partial charge < -0.3 is 4.42 Å². The summed E-state index contributed by atoms with van der Waals surface area (Å²) in [5.74, 6) is 0. The normalized spacial score (nSPS) is 11.6. The van der Waals surface area contributed by atoms with Gasteiger partial charge >= 0.3 is 5.63 Å². The maximum Gasteiger partial charge on any atom is 0.340 e. The maximum atomic E-state index is 12.4. The van der Waals surface area contributed by atoms with Crippen LogP contribution in [-0.2, 0) is 16.6 Å². The van der Waals surface area contributed by atoms with Gasteiger partial charge in [-0.2, -0.15) is 8.42 Å². The highest BCUT2D eigenvalue weighted by molar-refractivity contribution is 7.90. The molecule has 0 aliphatic rings. The molecule has 0 bridgehead atoms. The van der Waals surface area contributed by atoms with Crippen LogP contribution in [0.1, 0.15) is 22.3 Å². The minimum Gasteiger partial charge on any atom is -0.423 e. The predicted molar refractivity (Wildman–Crippen MR) is 97.9 cm³/mol. The van der Waals surface area contributed by atoms with Gasteiger partial charge in [0.25, 0.3) is 10.2 Å². The largest absolute Gasteiger partial charge is 0.423 e. The fourth-order valence-electron chi connectivity index (χ4n) is 2.82. The fourth-order valence-corrected chi connectivity index (χ4v) is 3.28. The fraction of sp³-hybridized carbons (Fsp3) is 0.167. The Labute approximate surface area is 145 Å². The summed E-state index contributed by atoms with van der Waals surface area (Å²) in [5.41, 5.74) is 3.77. The van der Waals surface area contributed by atoms with E-state index in [0.29, 0.717) is 23.3 Å². The van der Waals surface area contributed by atoms with Crippen LogP contribution in [0.3, 0.4) is 0 Å². The lowest BCUT2D eigenvalue weighted by atomic mass is 9.98. The van der Waals surface area contributed by atoms with E-state index in [4.69, 9.17) is 9.56 Å². The monoisotopic (exact) mass is 358 g/mol. The Kier molecular flexibility index (Phi) is 4.36. The smallest absolute Gasteiger partial charge is 0.340 e. The summed E-state index contributed by atoms with van der Waals surface area (Å²) in [6.07, 6.45) is 0.332. The van der Waals surface area contributed by atoms with Gasteiger partial charge in [0.15, 0.2) is 0 Å². The van der Waals surface area contributed by atoms with Crippen LogP contribution in [0.4, 0.5) is 5.69 Å². The summed E-state index contributed by atoms with van der Waals surface area (Å²) >= 11 is 0. The lowest BCUT2D eigenvalue weighted by Crippen LogP contribution is -2.21. The molecule has 0 saturated carbocycles. The second kappa shape index (κ2) is 6.34. The van der Waals surface area contributed by atoms with Crippen LogP contribution >= 0.6 is 0 Å². The van der Waals surface area contributed by atoms with Gasteiger partial charge in [-0.25, -0.2) is 9.93 Å². The molecule has 1 heterocycles. The second-order valence-corrected chi connectivity index (χ2v) is 7.31. The van der Waals surface area contributed by atoms with E-state index in [-0.39, 0.29) is 0 Å². The third-order valence-corrected chi connectivity index (χ3v) is 4.53. The van der Waals surface area contributed by atoms with E-state index in [2.05, 4.69) is 4.72 Å². The van der Waals surface area contributed by atoms with E-state index in [1.54, 1.807) is 24.3 Å². The molecule has 0 saturated heterocycles. The van der Waals surface area contributed by atoms with Crippen molar-refractivity contribution in [3.05, 3.63) is 75.1 Å². The Morgan fingerprint density at radius 3 is 2.60 bits per heavy atom. The quantitative estimate of drug-likeness (QED) is 0.700. The van der Waals surface area contributed by atoms with E-state index in [0.717, 1.165) is 22.1 Å². The SMILES string of the molecule is Cc1ccc2oc(=O)c(Cc3cccc(NS(N)(=O)=O)c3)c(C)c2c1. The van der Waals surface area contributed by atoms with Crippen LogP contribution < -0.4 is 15.5 Å². The van der Waals surface area contributed by atoms with Gasteiger partial charge in [-0.3, -0.25) is 4.72 Å². The lowest BCUT2D eigenvalue weighted by Gasteiger charge is -2.10. The van der Waals surface area contributed by atoms with Crippen molar-refractivity contribution in [2.24, 2.45) is 5.14 Å². The summed E-state index contributed by atoms with van der Waals surface area (Å²) in [4.78, 5) is 12.4. The Morgan fingerprint density at radius 1 is 1.12 bits per heavy atom. The molecule has 3 rings (SSSR count). The number of aryl methyl sites for hydroxylation is 2. The van der Waals surface area contributed by atoms with E-state index < -0.39 is 15.8 Å². The molecule has 0 amide bonds. The molecule has 25 heavy (non-hydrogen) atoms. The van der Waals surface area contributed by atoms with Gasteiger partial charge in [-0.15, -0.1) is 0 Å². The van der Waals surface area contributed by atoms with Crippen molar-refractivity contribution in [3.8, 4) is 0 Å². The number of hydrogen-bond donors (Lipinski definition) is 2. The number of nitrogens with two attached hydrogens (primary N) is 1. The zero-order valence-corrected chi connectivity index (χ0v) is 14.7. The summed E-state index contributed by atoms with van der Waals surface area (Å²) in [6, 6.07) is 12.4. The summed E-state index contributed by atoms with van der Waals surface area (Å²) in [5, 5.41) is 5.89. The molecule has 130 valence electrons. The molecule has 3 aromatic rings. The summed E-state index contributed by atoms with van der Waals surface area (Å²) in [6.45, 7) is 3.87. The lowest BCUT2D eigenvalue weighted by molar-refractivity contribution is 0.551. The summed E-state index contributed by atoms with van der Waals surface area (Å²) in [7, 11) is -3.85. The van der Waals surface area contributed by atoms with Crippen molar-refractivity contribution in [1.29, 1.82) is 0 Å². The molecule has 0 fully saturated rings. The van der Waals surface area contributed by atoms with Crippen LogP contribution in [0.15, 0.2) is 51.7 Å². The molecule has 0 atom stereocenters. The van der Waals surface area contributed by atoms with E-state index >= 15 is 0 Å². The number of rotatable bonds is 4.